The Morgan fingerprint density at radius 3 is 2.33 bits per heavy atom. The summed E-state index contributed by atoms with van der Waals surface area (Å²) >= 11 is 7.33. The van der Waals surface area contributed by atoms with Crippen LogP contribution in [0.1, 0.15) is 31.9 Å². The number of halogens is 4. The molecule has 1 N–H and O–H groups in total. The molecule has 0 radical (unpaired) electrons. The van der Waals surface area contributed by atoms with Crippen molar-refractivity contribution < 1.29 is 0 Å². The molecule has 1 saturated heterocycles. The van der Waals surface area contributed by atoms with Crippen molar-refractivity contribution in [3.63, 3.8) is 0 Å². The van der Waals surface area contributed by atoms with Crippen molar-refractivity contribution in [2.75, 3.05) is 26.2 Å². The van der Waals surface area contributed by atoms with Crippen molar-refractivity contribution in [2.45, 2.75) is 26.3 Å². The van der Waals surface area contributed by atoms with Gasteiger partial charge in [-0.15, -0.1) is 24.8 Å². The summed E-state index contributed by atoms with van der Waals surface area (Å²) in [6.45, 7) is 9.08. The van der Waals surface area contributed by atoms with Gasteiger partial charge in [-0.25, -0.2) is 0 Å². The minimum absolute atomic E-state index is 0. The van der Waals surface area contributed by atoms with E-state index >= 15 is 0 Å². The fourth-order valence-electron chi connectivity index (χ4n) is 2.68. The second kappa shape index (κ2) is 10.5. The van der Waals surface area contributed by atoms with E-state index in [-0.39, 0.29) is 24.8 Å². The van der Waals surface area contributed by atoms with Crippen LogP contribution in [0.3, 0.4) is 0 Å². The molecule has 1 aliphatic heterocycles. The van der Waals surface area contributed by atoms with Crippen LogP contribution in [0.25, 0.3) is 0 Å². The lowest BCUT2D eigenvalue weighted by Crippen LogP contribution is -2.45. The minimum atomic E-state index is 0. The molecule has 0 saturated carbocycles. The molecule has 2 nitrogen and oxygen atoms in total. The smallest absolute Gasteiger partial charge is 0.0363 e. The zero-order valence-electron chi connectivity index (χ0n) is 12.4. The highest BCUT2D eigenvalue weighted by molar-refractivity contribution is 9.11. The normalized spacial score (nSPS) is 17.0. The molecule has 1 aliphatic rings. The van der Waals surface area contributed by atoms with Crippen LogP contribution in [0.5, 0.6) is 0 Å². The van der Waals surface area contributed by atoms with E-state index in [9.17, 15) is 0 Å². The molecule has 1 aromatic rings. The zero-order chi connectivity index (χ0) is 13.8. The minimum Gasteiger partial charge on any atom is -0.314 e. The Balaban J connectivity index is 0.00000200. The van der Waals surface area contributed by atoms with Crippen LogP contribution in [0.15, 0.2) is 27.1 Å². The predicted octanol–water partition coefficient (Wildman–Crippen LogP) is 5.05. The Bertz CT molecular complexity index is 424. The first-order valence-electron chi connectivity index (χ1n) is 6.97. The van der Waals surface area contributed by atoms with E-state index in [4.69, 9.17) is 0 Å². The summed E-state index contributed by atoms with van der Waals surface area (Å²) < 4.78 is 2.38. The number of nitrogens with one attached hydrogen (secondary N) is 1. The molecule has 0 bridgehead atoms. The molecule has 0 unspecified atom stereocenters. The van der Waals surface area contributed by atoms with Gasteiger partial charge in [0.25, 0.3) is 0 Å². The summed E-state index contributed by atoms with van der Waals surface area (Å²) in [4.78, 5) is 2.61. The van der Waals surface area contributed by atoms with E-state index in [2.05, 4.69) is 74.1 Å². The third kappa shape index (κ3) is 6.36. The monoisotopic (exact) mass is 460 g/mol. The van der Waals surface area contributed by atoms with Gasteiger partial charge in [0.1, 0.15) is 0 Å². The summed E-state index contributed by atoms with van der Waals surface area (Å²) in [5, 5.41) is 3.44. The van der Waals surface area contributed by atoms with E-state index in [0.717, 1.165) is 30.7 Å². The average molecular weight is 463 g/mol. The van der Waals surface area contributed by atoms with Gasteiger partial charge in [-0.3, -0.25) is 4.90 Å². The lowest BCUT2D eigenvalue weighted by molar-refractivity contribution is 0.153. The van der Waals surface area contributed by atoms with Gasteiger partial charge < -0.3 is 5.32 Å². The van der Waals surface area contributed by atoms with E-state index in [1.165, 1.54) is 16.5 Å². The first kappa shape index (κ1) is 21.7. The Labute approximate surface area is 157 Å². The number of benzene rings is 1. The lowest BCUT2D eigenvalue weighted by atomic mass is 9.95. The van der Waals surface area contributed by atoms with E-state index in [1.54, 1.807) is 0 Å². The molecule has 0 aromatic heterocycles. The van der Waals surface area contributed by atoms with Crippen molar-refractivity contribution in [3.8, 4) is 0 Å². The molecule has 122 valence electrons. The average Bonchev–Trinajstić information content (AvgIpc) is 2.40. The van der Waals surface area contributed by atoms with E-state index in [1.807, 2.05) is 0 Å². The molecule has 0 spiro atoms. The number of hydrogen-bond acceptors (Lipinski definition) is 2. The van der Waals surface area contributed by atoms with Crippen molar-refractivity contribution in [3.05, 3.63) is 32.7 Å². The molecule has 1 aromatic carbocycles. The van der Waals surface area contributed by atoms with Gasteiger partial charge in [0, 0.05) is 41.2 Å². The number of hydrogen-bond donors (Lipinski definition) is 1. The SMILES string of the molecule is CC(C)C[C@@H](c1cc(Br)ccc1Br)N1CCNCC1.Cl.Cl. The second-order valence-electron chi connectivity index (χ2n) is 5.60. The van der Waals surface area contributed by atoms with E-state index < -0.39 is 0 Å². The van der Waals surface area contributed by atoms with Crippen LogP contribution in [0.4, 0.5) is 0 Å². The van der Waals surface area contributed by atoms with Gasteiger partial charge in [-0.05, 0) is 36.1 Å². The number of nitrogens with zero attached hydrogens (tertiary/aromatic N) is 1. The largest absolute Gasteiger partial charge is 0.314 e. The summed E-state index contributed by atoms with van der Waals surface area (Å²) in [6, 6.07) is 7.01. The third-order valence-electron chi connectivity index (χ3n) is 3.60. The van der Waals surface area contributed by atoms with Gasteiger partial charge in [0.2, 0.25) is 0 Å². The van der Waals surface area contributed by atoms with Gasteiger partial charge in [-0.2, -0.15) is 0 Å². The highest BCUT2D eigenvalue weighted by Gasteiger charge is 2.24. The molecule has 1 fully saturated rings. The summed E-state index contributed by atoms with van der Waals surface area (Å²) in [6.07, 6.45) is 1.20. The highest BCUT2D eigenvalue weighted by atomic mass is 79.9. The first-order valence-corrected chi connectivity index (χ1v) is 8.56. The number of rotatable bonds is 4. The Hall–Kier alpha value is 0.680. The van der Waals surface area contributed by atoms with Gasteiger partial charge in [-0.1, -0.05) is 45.7 Å². The highest BCUT2D eigenvalue weighted by Crippen LogP contribution is 2.34. The third-order valence-corrected chi connectivity index (χ3v) is 4.82. The fraction of sp³-hybridized carbons (Fsp3) is 0.600. The predicted molar refractivity (Wildman–Crippen MR) is 103 cm³/mol. The zero-order valence-corrected chi connectivity index (χ0v) is 17.2. The quantitative estimate of drug-likeness (QED) is 0.673. The molecule has 0 amide bonds. The first-order chi connectivity index (χ1) is 9.08. The number of piperazine rings is 1. The maximum atomic E-state index is 3.72. The maximum Gasteiger partial charge on any atom is 0.0363 e. The lowest BCUT2D eigenvalue weighted by Gasteiger charge is -2.36. The Morgan fingerprint density at radius 2 is 1.76 bits per heavy atom. The van der Waals surface area contributed by atoms with Gasteiger partial charge in [0.15, 0.2) is 0 Å². The van der Waals surface area contributed by atoms with Crippen LogP contribution in [-0.2, 0) is 0 Å². The topological polar surface area (TPSA) is 15.3 Å². The van der Waals surface area contributed by atoms with E-state index in [0.29, 0.717) is 12.0 Å². The summed E-state index contributed by atoms with van der Waals surface area (Å²) in [7, 11) is 0. The molecule has 0 aliphatic carbocycles. The van der Waals surface area contributed by atoms with Gasteiger partial charge in [0.05, 0.1) is 0 Å². The van der Waals surface area contributed by atoms with Crippen LogP contribution in [-0.4, -0.2) is 31.1 Å². The Morgan fingerprint density at radius 1 is 1.14 bits per heavy atom. The van der Waals surface area contributed by atoms with Crippen molar-refractivity contribution in [1.82, 2.24) is 10.2 Å². The van der Waals surface area contributed by atoms with Crippen LogP contribution in [0, 0.1) is 5.92 Å². The molecule has 1 heterocycles. The maximum absolute atomic E-state index is 3.72. The van der Waals surface area contributed by atoms with Crippen molar-refractivity contribution in [2.24, 2.45) is 5.92 Å². The van der Waals surface area contributed by atoms with Crippen molar-refractivity contribution >= 4 is 56.7 Å². The van der Waals surface area contributed by atoms with Crippen LogP contribution in [0.2, 0.25) is 0 Å². The molecule has 21 heavy (non-hydrogen) atoms. The molecule has 2 rings (SSSR count). The molecule has 1 atom stereocenters. The molecular weight excluding hydrogens is 439 g/mol. The Kier molecular flexibility index (Phi) is 10.8. The molecular formula is C15H24Br2Cl2N2. The standard InChI is InChI=1S/C15H22Br2N2.2ClH/c1-11(2)9-15(19-7-5-18-6-8-19)13-10-12(16)3-4-14(13)17;;/h3-4,10-11,15,18H,5-9H2,1-2H3;2*1H/t15-;;/m0../s1. The fourth-order valence-corrected chi connectivity index (χ4v) is 3.57. The van der Waals surface area contributed by atoms with Crippen LogP contribution < -0.4 is 5.32 Å². The van der Waals surface area contributed by atoms with Gasteiger partial charge >= 0.3 is 0 Å². The second-order valence-corrected chi connectivity index (χ2v) is 7.37. The molecule has 6 heteroatoms. The summed E-state index contributed by atoms with van der Waals surface area (Å²) in [5.41, 5.74) is 1.41. The van der Waals surface area contributed by atoms with Crippen molar-refractivity contribution in [1.29, 1.82) is 0 Å². The summed E-state index contributed by atoms with van der Waals surface area (Å²) in [5.74, 6) is 0.700. The van der Waals surface area contributed by atoms with Crippen LogP contribution >= 0.6 is 56.7 Å².